The summed E-state index contributed by atoms with van der Waals surface area (Å²) in [6.45, 7) is 4.92. The molecule has 4 rings (SSSR count). The van der Waals surface area contributed by atoms with Crippen molar-refractivity contribution in [2.75, 3.05) is 5.32 Å². The van der Waals surface area contributed by atoms with Gasteiger partial charge < -0.3 is 10.3 Å². The molecule has 4 aromatic rings. The fraction of sp³-hybridized carbons (Fsp3) is 0.250. The second-order valence-electron chi connectivity index (χ2n) is 6.47. The quantitative estimate of drug-likeness (QED) is 0.520. The smallest absolute Gasteiger partial charge is 0.332 e. The Hall–Kier alpha value is -3.75. The molecule has 0 aliphatic heterocycles. The van der Waals surface area contributed by atoms with Crippen molar-refractivity contribution in [3.05, 3.63) is 69.3 Å². The Balaban J connectivity index is 1.65. The first-order valence-corrected chi connectivity index (χ1v) is 9.46. The molecule has 4 aromatic heterocycles. The third-order valence-electron chi connectivity index (χ3n) is 4.71. The van der Waals surface area contributed by atoms with Crippen LogP contribution in [-0.4, -0.2) is 29.1 Å². The first-order chi connectivity index (χ1) is 14.1. The molecule has 2 N–H and O–H groups in total. The first kappa shape index (κ1) is 18.6. The normalized spacial score (nSPS) is 11.1. The third-order valence-corrected chi connectivity index (χ3v) is 4.71. The summed E-state index contributed by atoms with van der Waals surface area (Å²) in [7, 11) is 0. The molecule has 0 spiro atoms. The highest BCUT2D eigenvalue weighted by Crippen LogP contribution is 2.19. The highest BCUT2D eigenvalue weighted by molar-refractivity contribution is 5.75. The number of anilines is 1. The van der Waals surface area contributed by atoms with E-state index in [1.165, 1.54) is 9.13 Å². The van der Waals surface area contributed by atoms with Gasteiger partial charge in [0.25, 0.3) is 5.56 Å². The number of hydrogen-bond donors (Lipinski definition) is 2. The second kappa shape index (κ2) is 7.70. The average molecular weight is 391 g/mol. The summed E-state index contributed by atoms with van der Waals surface area (Å²) in [6.07, 6.45) is 3.42. The van der Waals surface area contributed by atoms with E-state index in [9.17, 15) is 9.59 Å². The van der Waals surface area contributed by atoms with Gasteiger partial charge in [0.15, 0.2) is 5.65 Å². The maximum Gasteiger partial charge on any atom is 0.332 e. The number of aromatic nitrogens is 6. The SMILES string of the molecule is CCn1c(=O)c2[nH]c(-c3ccc(NCc4ccccn4)nc3)nc2n(CC)c1=O. The van der Waals surface area contributed by atoms with Crippen LogP contribution in [0.4, 0.5) is 5.82 Å². The molecule has 0 bridgehead atoms. The topological polar surface area (TPSA) is 110 Å². The van der Waals surface area contributed by atoms with Crippen molar-refractivity contribution >= 4 is 17.0 Å². The highest BCUT2D eigenvalue weighted by atomic mass is 16.2. The molecule has 9 nitrogen and oxygen atoms in total. The van der Waals surface area contributed by atoms with Crippen molar-refractivity contribution in [3.8, 4) is 11.4 Å². The van der Waals surface area contributed by atoms with Gasteiger partial charge >= 0.3 is 5.69 Å². The molecule has 4 heterocycles. The van der Waals surface area contributed by atoms with Gasteiger partial charge in [-0.05, 0) is 38.1 Å². The fourth-order valence-corrected chi connectivity index (χ4v) is 3.19. The minimum absolute atomic E-state index is 0.306. The number of nitrogens with one attached hydrogen (secondary N) is 2. The zero-order valence-electron chi connectivity index (χ0n) is 16.2. The van der Waals surface area contributed by atoms with E-state index in [1.807, 2.05) is 37.3 Å². The Morgan fingerprint density at radius 1 is 1.03 bits per heavy atom. The number of rotatable bonds is 6. The summed E-state index contributed by atoms with van der Waals surface area (Å²) >= 11 is 0. The highest BCUT2D eigenvalue weighted by Gasteiger charge is 2.16. The second-order valence-corrected chi connectivity index (χ2v) is 6.47. The van der Waals surface area contributed by atoms with Gasteiger partial charge in [-0.25, -0.2) is 14.8 Å². The van der Waals surface area contributed by atoms with Crippen LogP contribution in [0.15, 0.2) is 52.3 Å². The van der Waals surface area contributed by atoms with Gasteiger partial charge in [0.05, 0.1) is 12.2 Å². The van der Waals surface area contributed by atoms with E-state index in [-0.39, 0.29) is 11.2 Å². The van der Waals surface area contributed by atoms with Crippen LogP contribution in [0, 0.1) is 0 Å². The molecule has 0 aromatic carbocycles. The molecule has 0 saturated carbocycles. The van der Waals surface area contributed by atoms with Gasteiger partial charge in [0.2, 0.25) is 0 Å². The zero-order valence-corrected chi connectivity index (χ0v) is 16.2. The Morgan fingerprint density at radius 2 is 1.86 bits per heavy atom. The van der Waals surface area contributed by atoms with Crippen LogP contribution < -0.4 is 16.6 Å². The fourth-order valence-electron chi connectivity index (χ4n) is 3.19. The first-order valence-electron chi connectivity index (χ1n) is 9.46. The van der Waals surface area contributed by atoms with Gasteiger partial charge in [-0.3, -0.25) is 18.9 Å². The van der Waals surface area contributed by atoms with Crippen LogP contribution in [0.2, 0.25) is 0 Å². The lowest BCUT2D eigenvalue weighted by Crippen LogP contribution is -2.39. The third kappa shape index (κ3) is 3.42. The van der Waals surface area contributed by atoms with Crippen molar-refractivity contribution in [3.63, 3.8) is 0 Å². The van der Waals surface area contributed by atoms with Crippen LogP contribution in [0.25, 0.3) is 22.6 Å². The van der Waals surface area contributed by atoms with Gasteiger partial charge in [-0.1, -0.05) is 6.07 Å². The van der Waals surface area contributed by atoms with Crippen molar-refractivity contribution in [2.24, 2.45) is 0 Å². The summed E-state index contributed by atoms with van der Waals surface area (Å²) in [5, 5.41) is 3.21. The molecular weight excluding hydrogens is 370 g/mol. The van der Waals surface area contributed by atoms with Crippen LogP contribution in [0.1, 0.15) is 19.5 Å². The number of imidazole rings is 1. The van der Waals surface area contributed by atoms with E-state index in [4.69, 9.17) is 0 Å². The number of fused-ring (bicyclic) bond motifs is 1. The van der Waals surface area contributed by atoms with Crippen LogP contribution in [-0.2, 0) is 19.6 Å². The number of nitrogens with zero attached hydrogens (tertiary/aromatic N) is 5. The Kier molecular flexibility index (Phi) is 4.94. The van der Waals surface area contributed by atoms with E-state index in [0.29, 0.717) is 42.4 Å². The molecule has 0 aliphatic carbocycles. The Bertz CT molecular complexity index is 1250. The largest absolute Gasteiger partial charge is 0.364 e. The molecule has 0 aliphatic rings. The summed E-state index contributed by atoms with van der Waals surface area (Å²) < 4.78 is 2.70. The van der Waals surface area contributed by atoms with Gasteiger partial charge in [0, 0.05) is 31.0 Å². The predicted octanol–water partition coefficient (Wildman–Crippen LogP) is 2.00. The molecule has 0 unspecified atom stereocenters. The summed E-state index contributed by atoms with van der Waals surface area (Å²) in [5.74, 6) is 1.20. The molecule has 9 heteroatoms. The molecule has 148 valence electrons. The summed E-state index contributed by atoms with van der Waals surface area (Å²) in [6, 6.07) is 9.44. The van der Waals surface area contributed by atoms with E-state index >= 15 is 0 Å². The minimum atomic E-state index is -0.363. The number of aryl methyl sites for hydroxylation is 1. The van der Waals surface area contributed by atoms with Crippen molar-refractivity contribution in [1.29, 1.82) is 0 Å². The maximum absolute atomic E-state index is 12.6. The molecule has 0 saturated heterocycles. The van der Waals surface area contributed by atoms with Gasteiger partial charge in [-0.2, -0.15) is 0 Å². The average Bonchev–Trinajstić information content (AvgIpc) is 3.19. The molecular formula is C20H21N7O2. The molecule has 0 fully saturated rings. The zero-order chi connectivity index (χ0) is 20.4. The van der Waals surface area contributed by atoms with E-state index in [0.717, 1.165) is 11.3 Å². The predicted molar refractivity (Wildman–Crippen MR) is 111 cm³/mol. The molecule has 0 amide bonds. The molecule has 29 heavy (non-hydrogen) atoms. The van der Waals surface area contributed by atoms with Gasteiger partial charge in [0.1, 0.15) is 17.2 Å². The number of aromatic amines is 1. The standard InChI is InChI=1S/C20H21N7O2/c1-3-26-18-16(19(28)27(4-2)20(26)29)24-17(25-18)13-8-9-15(22-11-13)23-12-14-7-5-6-10-21-14/h5-11H,3-4,12H2,1-2H3,(H,22,23)(H,24,25). The van der Waals surface area contributed by atoms with E-state index in [1.54, 1.807) is 19.3 Å². The number of hydrogen-bond acceptors (Lipinski definition) is 6. The van der Waals surface area contributed by atoms with E-state index in [2.05, 4.69) is 25.3 Å². The minimum Gasteiger partial charge on any atom is -0.364 e. The molecule has 0 radical (unpaired) electrons. The van der Waals surface area contributed by atoms with Crippen molar-refractivity contribution < 1.29 is 0 Å². The summed E-state index contributed by atoms with van der Waals surface area (Å²) in [5.41, 5.74) is 1.61. The van der Waals surface area contributed by atoms with Crippen LogP contribution in [0.5, 0.6) is 0 Å². The van der Waals surface area contributed by atoms with E-state index < -0.39 is 0 Å². The number of pyridine rings is 2. The van der Waals surface area contributed by atoms with Gasteiger partial charge in [-0.15, -0.1) is 0 Å². The van der Waals surface area contributed by atoms with Crippen LogP contribution in [0.3, 0.4) is 0 Å². The lowest BCUT2D eigenvalue weighted by molar-refractivity contribution is 0.606. The maximum atomic E-state index is 12.6. The molecule has 0 atom stereocenters. The lowest BCUT2D eigenvalue weighted by atomic mass is 10.2. The van der Waals surface area contributed by atoms with Crippen molar-refractivity contribution in [2.45, 2.75) is 33.5 Å². The summed E-state index contributed by atoms with van der Waals surface area (Å²) in [4.78, 5) is 41.3. The Labute approximate surface area is 166 Å². The Morgan fingerprint density at radius 3 is 2.52 bits per heavy atom. The lowest BCUT2D eigenvalue weighted by Gasteiger charge is -2.06. The number of H-pyrrole nitrogens is 1. The van der Waals surface area contributed by atoms with Crippen molar-refractivity contribution in [1.82, 2.24) is 29.1 Å². The van der Waals surface area contributed by atoms with Crippen LogP contribution >= 0.6 is 0 Å². The monoisotopic (exact) mass is 391 g/mol.